The summed E-state index contributed by atoms with van der Waals surface area (Å²) in [7, 11) is -1.89. The summed E-state index contributed by atoms with van der Waals surface area (Å²) >= 11 is 0. The lowest BCUT2D eigenvalue weighted by molar-refractivity contribution is -0.204. The molecular weight excluding hydrogens is 332 g/mol. The highest BCUT2D eigenvalue weighted by Gasteiger charge is 2.46. The number of rotatable bonds is 3. The molecule has 25 heavy (non-hydrogen) atoms. The van der Waals surface area contributed by atoms with Gasteiger partial charge < -0.3 is 19.0 Å². The number of benzene rings is 1. The first-order chi connectivity index (χ1) is 11.6. The van der Waals surface area contributed by atoms with Crippen LogP contribution in [0.1, 0.15) is 52.0 Å². The van der Waals surface area contributed by atoms with Crippen molar-refractivity contribution in [2.24, 2.45) is 0 Å². The monoisotopic (exact) mass is 364 g/mol. The van der Waals surface area contributed by atoms with E-state index in [2.05, 4.69) is 33.9 Å². The predicted octanol–water partition coefficient (Wildman–Crippen LogP) is 4.58. The minimum Gasteiger partial charge on any atom is -0.543 e. The van der Waals surface area contributed by atoms with E-state index in [1.807, 2.05) is 24.3 Å². The third-order valence-corrected chi connectivity index (χ3v) is 10.6. The van der Waals surface area contributed by atoms with Crippen molar-refractivity contribution in [1.29, 1.82) is 0 Å². The molecule has 5 heteroatoms. The standard InChI is InChI=1S/C20H32O4Si/c1-18(2,3)25(4,5)24-17-8-6-7-16(15-17)19(21)9-11-20(12-10-19)22-13-14-23-20/h6-8,15,21H,9-14H2,1-5H3. The van der Waals surface area contributed by atoms with Crippen molar-refractivity contribution in [2.75, 3.05) is 13.2 Å². The second-order valence-electron chi connectivity index (χ2n) is 9.03. The predicted molar refractivity (Wildman–Crippen MR) is 101 cm³/mol. The molecule has 0 amide bonds. The highest BCUT2D eigenvalue weighted by atomic mass is 28.4. The van der Waals surface area contributed by atoms with Gasteiger partial charge in [0.2, 0.25) is 8.32 Å². The van der Waals surface area contributed by atoms with E-state index in [0.29, 0.717) is 26.1 Å². The molecule has 4 nitrogen and oxygen atoms in total. The number of ether oxygens (including phenoxy) is 2. The van der Waals surface area contributed by atoms with E-state index in [0.717, 1.165) is 24.2 Å². The van der Waals surface area contributed by atoms with Gasteiger partial charge in [-0.25, -0.2) is 0 Å². The zero-order valence-corrected chi connectivity index (χ0v) is 17.2. The minimum absolute atomic E-state index is 0.147. The van der Waals surface area contributed by atoms with E-state index in [1.165, 1.54) is 0 Å². The molecule has 0 aromatic heterocycles. The van der Waals surface area contributed by atoms with E-state index in [1.54, 1.807) is 0 Å². The molecule has 1 saturated heterocycles. The molecule has 1 aromatic carbocycles. The number of aliphatic hydroxyl groups is 1. The second kappa shape index (κ2) is 6.37. The quantitative estimate of drug-likeness (QED) is 0.798. The summed E-state index contributed by atoms with van der Waals surface area (Å²) in [5.41, 5.74) is 0.115. The van der Waals surface area contributed by atoms with Crippen LogP contribution in [0.4, 0.5) is 0 Å². The Morgan fingerprint density at radius 1 is 1.04 bits per heavy atom. The maximum atomic E-state index is 11.2. The lowest BCUT2D eigenvalue weighted by atomic mass is 9.77. The maximum Gasteiger partial charge on any atom is 0.250 e. The smallest absolute Gasteiger partial charge is 0.250 e. The molecular formula is C20H32O4Si. The molecule has 1 saturated carbocycles. The van der Waals surface area contributed by atoms with Crippen molar-refractivity contribution in [3.63, 3.8) is 0 Å². The minimum atomic E-state index is -1.89. The van der Waals surface area contributed by atoms with Crippen molar-refractivity contribution >= 4 is 8.32 Å². The van der Waals surface area contributed by atoms with Crippen molar-refractivity contribution in [3.8, 4) is 5.75 Å². The summed E-state index contributed by atoms with van der Waals surface area (Å²) < 4.78 is 18.0. The van der Waals surface area contributed by atoms with Gasteiger partial charge in [0.15, 0.2) is 5.79 Å². The van der Waals surface area contributed by atoms with Gasteiger partial charge >= 0.3 is 0 Å². The molecule has 140 valence electrons. The van der Waals surface area contributed by atoms with Crippen LogP contribution in [-0.2, 0) is 15.1 Å². The van der Waals surface area contributed by atoms with Crippen LogP contribution in [0.2, 0.25) is 18.1 Å². The molecule has 0 unspecified atom stereocenters. The fraction of sp³-hybridized carbons (Fsp3) is 0.700. The highest BCUT2D eigenvalue weighted by molar-refractivity contribution is 6.74. The van der Waals surface area contributed by atoms with Gasteiger partial charge in [0.25, 0.3) is 0 Å². The molecule has 2 aliphatic rings. The summed E-state index contributed by atoms with van der Waals surface area (Å²) in [4.78, 5) is 0. The zero-order chi connectivity index (χ0) is 18.3. The Kier molecular flexibility index (Phi) is 4.82. The van der Waals surface area contributed by atoms with Crippen LogP contribution < -0.4 is 4.43 Å². The first-order valence-corrected chi connectivity index (χ1v) is 12.3. The SMILES string of the molecule is CC(C)(C)[Si](C)(C)Oc1cccc(C2(O)CCC3(CC2)OCCO3)c1. The van der Waals surface area contributed by atoms with Crippen molar-refractivity contribution in [3.05, 3.63) is 29.8 Å². The van der Waals surface area contributed by atoms with E-state index >= 15 is 0 Å². The molecule has 1 aliphatic heterocycles. The van der Waals surface area contributed by atoms with Crippen LogP contribution in [0.15, 0.2) is 24.3 Å². The Bertz CT molecular complexity index is 604. The Morgan fingerprint density at radius 3 is 2.20 bits per heavy atom. The normalized spacial score (nSPS) is 23.0. The Hall–Kier alpha value is -0.883. The first-order valence-electron chi connectivity index (χ1n) is 9.35. The second-order valence-corrected chi connectivity index (χ2v) is 13.8. The van der Waals surface area contributed by atoms with Gasteiger partial charge in [-0.05, 0) is 48.7 Å². The molecule has 3 rings (SSSR count). The molecule has 2 fully saturated rings. The molecule has 1 spiro atoms. The van der Waals surface area contributed by atoms with E-state index in [-0.39, 0.29) is 5.04 Å². The van der Waals surface area contributed by atoms with Crippen molar-refractivity contribution in [2.45, 2.75) is 76.0 Å². The Balaban J connectivity index is 1.75. The Morgan fingerprint density at radius 2 is 1.64 bits per heavy atom. The van der Waals surface area contributed by atoms with Crippen LogP contribution in [0.5, 0.6) is 5.75 Å². The molecule has 1 aliphatic carbocycles. The molecule has 0 atom stereocenters. The average Bonchev–Trinajstić information content (AvgIpc) is 2.98. The largest absolute Gasteiger partial charge is 0.543 e. The van der Waals surface area contributed by atoms with Gasteiger partial charge in [-0.2, -0.15) is 0 Å². The van der Waals surface area contributed by atoms with E-state index < -0.39 is 19.7 Å². The van der Waals surface area contributed by atoms with Crippen LogP contribution in [0.3, 0.4) is 0 Å². The van der Waals surface area contributed by atoms with Gasteiger partial charge in [-0.15, -0.1) is 0 Å². The summed E-state index contributed by atoms with van der Waals surface area (Å²) in [6.07, 6.45) is 2.76. The maximum absolute atomic E-state index is 11.2. The molecule has 0 bridgehead atoms. The Labute approximate surface area is 152 Å². The van der Waals surface area contributed by atoms with Gasteiger partial charge in [-0.1, -0.05) is 32.9 Å². The highest BCUT2D eigenvalue weighted by Crippen LogP contribution is 2.45. The zero-order valence-electron chi connectivity index (χ0n) is 16.2. The summed E-state index contributed by atoms with van der Waals surface area (Å²) in [6, 6.07) is 8.02. The molecule has 1 N–H and O–H groups in total. The third kappa shape index (κ3) is 3.80. The number of hydrogen-bond donors (Lipinski definition) is 1. The third-order valence-electron chi connectivity index (χ3n) is 6.20. The molecule has 1 aromatic rings. The summed E-state index contributed by atoms with van der Waals surface area (Å²) in [5, 5.41) is 11.4. The van der Waals surface area contributed by atoms with E-state index in [9.17, 15) is 5.11 Å². The van der Waals surface area contributed by atoms with Crippen LogP contribution >= 0.6 is 0 Å². The van der Waals surface area contributed by atoms with Gasteiger partial charge in [-0.3, -0.25) is 0 Å². The van der Waals surface area contributed by atoms with Gasteiger partial charge in [0.1, 0.15) is 5.75 Å². The van der Waals surface area contributed by atoms with Crippen LogP contribution in [0, 0.1) is 0 Å². The number of hydrogen-bond acceptors (Lipinski definition) is 4. The first kappa shape index (κ1) is 18.9. The topological polar surface area (TPSA) is 47.9 Å². The van der Waals surface area contributed by atoms with Gasteiger partial charge in [0.05, 0.1) is 18.8 Å². The fourth-order valence-corrected chi connectivity index (χ4v) is 4.44. The van der Waals surface area contributed by atoms with Crippen LogP contribution in [-0.4, -0.2) is 32.4 Å². The van der Waals surface area contributed by atoms with Crippen molar-refractivity contribution < 1.29 is 19.0 Å². The fourth-order valence-electron chi connectivity index (χ4n) is 3.42. The lowest BCUT2D eigenvalue weighted by Crippen LogP contribution is -2.44. The van der Waals surface area contributed by atoms with Crippen LogP contribution in [0.25, 0.3) is 0 Å². The summed E-state index contributed by atoms with van der Waals surface area (Å²) in [5.74, 6) is 0.410. The average molecular weight is 365 g/mol. The molecule has 1 heterocycles. The molecule has 0 radical (unpaired) electrons. The summed E-state index contributed by atoms with van der Waals surface area (Å²) in [6.45, 7) is 12.5. The van der Waals surface area contributed by atoms with Gasteiger partial charge in [0, 0.05) is 12.8 Å². The van der Waals surface area contributed by atoms with Crippen molar-refractivity contribution in [1.82, 2.24) is 0 Å². The lowest BCUT2D eigenvalue weighted by Gasteiger charge is -2.41. The van der Waals surface area contributed by atoms with E-state index in [4.69, 9.17) is 13.9 Å².